The predicted molar refractivity (Wildman–Crippen MR) is 130 cm³/mol. The molecule has 2 aromatic carbocycles. The van der Waals surface area contributed by atoms with Crippen molar-refractivity contribution in [1.82, 2.24) is 15.1 Å². The molecule has 2 aliphatic heterocycles. The predicted octanol–water partition coefficient (Wildman–Crippen LogP) is 4.94. The number of ether oxygens (including phenoxy) is 2. The van der Waals surface area contributed by atoms with E-state index in [-0.39, 0.29) is 5.82 Å². The van der Waals surface area contributed by atoms with E-state index < -0.39 is 0 Å². The van der Waals surface area contributed by atoms with Crippen molar-refractivity contribution in [1.29, 1.82) is 0 Å². The number of methoxy groups -OCH3 is 1. The molecule has 1 atom stereocenters. The van der Waals surface area contributed by atoms with Gasteiger partial charge >= 0.3 is 0 Å². The fourth-order valence-corrected chi connectivity index (χ4v) is 4.45. The van der Waals surface area contributed by atoms with Crippen LogP contribution in [0.15, 0.2) is 48.8 Å². The van der Waals surface area contributed by atoms with E-state index in [9.17, 15) is 4.39 Å². The quantitative estimate of drug-likeness (QED) is 0.519. The van der Waals surface area contributed by atoms with Crippen LogP contribution in [0.5, 0.6) is 11.5 Å². The van der Waals surface area contributed by atoms with Crippen LogP contribution >= 0.6 is 0 Å². The number of piperidine rings is 1. The Kier molecular flexibility index (Phi) is 7.80. The van der Waals surface area contributed by atoms with Crippen molar-refractivity contribution in [2.45, 2.75) is 44.7 Å². The summed E-state index contributed by atoms with van der Waals surface area (Å²) >= 11 is 0. The van der Waals surface area contributed by atoms with Gasteiger partial charge in [0.05, 0.1) is 19.3 Å². The highest BCUT2D eigenvalue weighted by Gasteiger charge is 2.23. The Morgan fingerprint density at radius 1 is 1.18 bits per heavy atom. The summed E-state index contributed by atoms with van der Waals surface area (Å²) in [6.07, 6.45) is 8.16. The number of carbonyl (C=O) groups excluding carboxylic acids is 1. The van der Waals surface area contributed by atoms with Crippen LogP contribution in [0.25, 0.3) is 11.1 Å². The van der Waals surface area contributed by atoms with Gasteiger partial charge in [-0.2, -0.15) is 5.10 Å². The molecule has 5 rings (SSSR count). The number of carbonyl (C=O) groups is 1. The molecule has 0 saturated carbocycles. The Balaban J connectivity index is 0.000000636. The summed E-state index contributed by atoms with van der Waals surface area (Å²) in [6, 6.07) is 11.4. The maximum atomic E-state index is 13.8. The van der Waals surface area contributed by atoms with E-state index >= 15 is 0 Å². The van der Waals surface area contributed by atoms with Gasteiger partial charge in [0, 0.05) is 40.7 Å². The molecule has 0 radical (unpaired) electrons. The maximum Gasteiger partial charge on any atom is 0.292 e. The summed E-state index contributed by atoms with van der Waals surface area (Å²) in [5.41, 5.74) is 4.26. The molecule has 3 aromatic rings. The van der Waals surface area contributed by atoms with Crippen LogP contribution in [-0.4, -0.2) is 42.5 Å². The first kappa shape index (κ1) is 23.8. The van der Waals surface area contributed by atoms with Crippen molar-refractivity contribution in [3.63, 3.8) is 0 Å². The molecular formula is C26H31FN4O3. The lowest BCUT2D eigenvalue weighted by Gasteiger charge is -2.27. The lowest BCUT2D eigenvalue weighted by atomic mass is 9.94. The minimum absolute atomic E-state index is 0.302. The zero-order valence-corrected chi connectivity index (χ0v) is 19.6. The molecule has 1 fully saturated rings. The minimum atomic E-state index is -0.302. The monoisotopic (exact) mass is 466 g/mol. The van der Waals surface area contributed by atoms with Crippen LogP contribution in [0.3, 0.4) is 0 Å². The topological polar surface area (TPSA) is 77.4 Å². The number of nitrogens with zero attached hydrogens (tertiary/aromatic N) is 2. The highest BCUT2D eigenvalue weighted by atomic mass is 19.1. The normalized spacial score (nSPS) is 17.6. The number of benzene rings is 2. The first-order valence-electron chi connectivity index (χ1n) is 11.7. The van der Waals surface area contributed by atoms with E-state index in [0.717, 1.165) is 66.9 Å². The van der Waals surface area contributed by atoms with Crippen molar-refractivity contribution >= 4 is 12.2 Å². The number of anilines is 1. The molecule has 2 aliphatic rings. The zero-order chi connectivity index (χ0) is 23.9. The van der Waals surface area contributed by atoms with Gasteiger partial charge in [0.15, 0.2) is 0 Å². The van der Waals surface area contributed by atoms with Gasteiger partial charge in [0.1, 0.15) is 17.3 Å². The molecule has 34 heavy (non-hydrogen) atoms. The van der Waals surface area contributed by atoms with E-state index in [2.05, 4.69) is 50.4 Å². The lowest BCUT2D eigenvalue weighted by Crippen LogP contribution is -2.29. The number of halogens is 1. The Morgan fingerprint density at radius 2 is 1.97 bits per heavy atom. The molecule has 8 heteroatoms. The van der Waals surface area contributed by atoms with Gasteiger partial charge in [-0.15, -0.1) is 0 Å². The van der Waals surface area contributed by atoms with Crippen molar-refractivity contribution in [2.75, 3.05) is 25.5 Å². The van der Waals surface area contributed by atoms with E-state index in [4.69, 9.17) is 9.53 Å². The molecule has 0 aliphatic carbocycles. The van der Waals surface area contributed by atoms with Gasteiger partial charge in [-0.25, -0.2) is 4.39 Å². The lowest BCUT2D eigenvalue weighted by molar-refractivity contribution is -0.126. The summed E-state index contributed by atoms with van der Waals surface area (Å²) in [6.45, 7) is 4.61. The molecule has 0 spiro atoms. The smallest absolute Gasteiger partial charge is 0.292 e. The van der Waals surface area contributed by atoms with Crippen LogP contribution in [0.1, 0.15) is 37.8 Å². The van der Waals surface area contributed by atoms with E-state index in [0.29, 0.717) is 24.3 Å². The van der Waals surface area contributed by atoms with E-state index in [1.165, 1.54) is 19.2 Å². The molecule has 3 heterocycles. The minimum Gasteiger partial charge on any atom is -0.471 e. The molecule has 7 nitrogen and oxygen atoms in total. The van der Waals surface area contributed by atoms with Crippen LogP contribution in [0.2, 0.25) is 0 Å². The van der Waals surface area contributed by atoms with Crippen molar-refractivity contribution in [2.24, 2.45) is 0 Å². The van der Waals surface area contributed by atoms with Crippen LogP contribution in [0, 0.1) is 5.82 Å². The number of nitrogens with one attached hydrogen (secondary N) is 2. The average molecular weight is 467 g/mol. The third-order valence-electron chi connectivity index (χ3n) is 6.20. The highest BCUT2D eigenvalue weighted by Crippen LogP contribution is 2.43. The Labute approximate surface area is 199 Å². The van der Waals surface area contributed by atoms with Crippen LogP contribution < -0.4 is 15.4 Å². The Morgan fingerprint density at radius 3 is 2.71 bits per heavy atom. The number of aromatic nitrogens is 2. The van der Waals surface area contributed by atoms with E-state index in [1.807, 2.05) is 6.20 Å². The first-order valence-corrected chi connectivity index (χ1v) is 11.7. The van der Waals surface area contributed by atoms with Crippen LogP contribution in [0.4, 0.5) is 10.1 Å². The molecule has 180 valence electrons. The SMILES string of the molecule is COC=O.C[C@H]1CCc2c(ccc(-c3cnn(C4CCNCC4)c3)c2Oc2cccc(F)c2)N1. The molecular weight excluding hydrogens is 435 g/mol. The first-order chi connectivity index (χ1) is 16.6. The van der Waals surface area contributed by atoms with Crippen molar-refractivity contribution < 1.29 is 18.7 Å². The third-order valence-corrected chi connectivity index (χ3v) is 6.20. The van der Waals surface area contributed by atoms with Gasteiger partial charge in [0.25, 0.3) is 6.47 Å². The van der Waals surface area contributed by atoms with Gasteiger partial charge in [-0.3, -0.25) is 9.48 Å². The fourth-order valence-electron chi connectivity index (χ4n) is 4.45. The fraction of sp³-hybridized carbons (Fsp3) is 0.385. The largest absolute Gasteiger partial charge is 0.471 e. The summed E-state index contributed by atoms with van der Waals surface area (Å²) < 4.78 is 26.0. The second-order valence-electron chi connectivity index (χ2n) is 8.63. The van der Waals surface area contributed by atoms with Gasteiger partial charge in [-0.1, -0.05) is 6.07 Å². The zero-order valence-electron chi connectivity index (χ0n) is 19.6. The number of fused-ring (bicyclic) bond motifs is 1. The molecule has 0 unspecified atom stereocenters. The molecule has 0 amide bonds. The van der Waals surface area contributed by atoms with Gasteiger partial charge < -0.3 is 20.1 Å². The summed E-state index contributed by atoms with van der Waals surface area (Å²) in [7, 11) is 1.31. The molecule has 1 saturated heterocycles. The Hall–Kier alpha value is -3.39. The van der Waals surface area contributed by atoms with Crippen LogP contribution in [-0.2, 0) is 16.0 Å². The third kappa shape index (κ3) is 5.56. The van der Waals surface area contributed by atoms with Crippen molar-refractivity contribution in [3.05, 3.63) is 60.2 Å². The average Bonchev–Trinajstić information content (AvgIpc) is 3.35. The summed E-state index contributed by atoms with van der Waals surface area (Å²) in [4.78, 5) is 8.95. The summed E-state index contributed by atoms with van der Waals surface area (Å²) in [5.74, 6) is 1.00. The van der Waals surface area contributed by atoms with E-state index in [1.54, 1.807) is 12.1 Å². The summed E-state index contributed by atoms with van der Waals surface area (Å²) in [5, 5.41) is 11.6. The highest BCUT2D eigenvalue weighted by molar-refractivity contribution is 5.77. The molecule has 1 aromatic heterocycles. The number of hydrogen-bond donors (Lipinski definition) is 2. The Bertz CT molecular complexity index is 1110. The van der Waals surface area contributed by atoms with Gasteiger partial charge in [-0.05, 0) is 70.0 Å². The van der Waals surface area contributed by atoms with Crippen molar-refractivity contribution in [3.8, 4) is 22.6 Å². The molecule has 2 N–H and O–H groups in total. The van der Waals surface area contributed by atoms with Gasteiger partial charge in [0.2, 0.25) is 0 Å². The standard InChI is InChI=1S/C24H27FN4O.C2H4O2/c1-16-5-6-22-23(28-16)8-7-21(24(22)30-20-4-2-3-18(25)13-20)17-14-27-29(15-17)19-9-11-26-12-10-19;1-4-2-3/h2-4,7-8,13-16,19,26,28H,5-6,9-12H2,1H3;2H,1H3/t16-;/m0./s1. The number of rotatable bonds is 5. The molecule has 0 bridgehead atoms. The maximum absolute atomic E-state index is 13.8. The second-order valence-corrected chi connectivity index (χ2v) is 8.63. The second kappa shape index (κ2) is 11.2. The number of hydrogen-bond acceptors (Lipinski definition) is 6.